The van der Waals surface area contributed by atoms with Crippen molar-refractivity contribution < 1.29 is 0 Å². The largest absolute Gasteiger partial charge is 0.263 e. The van der Waals surface area contributed by atoms with Crippen molar-refractivity contribution in [1.29, 1.82) is 0 Å². The zero-order valence-corrected chi connectivity index (χ0v) is 10.2. The van der Waals surface area contributed by atoms with Crippen molar-refractivity contribution in [3.8, 4) is 0 Å². The maximum absolute atomic E-state index is 4.03. The third-order valence-corrected chi connectivity index (χ3v) is 3.79. The maximum Gasteiger partial charge on any atom is 0.0494 e. The van der Waals surface area contributed by atoms with Crippen molar-refractivity contribution in [2.45, 2.75) is 31.1 Å². The number of thioether (sulfide) groups is 1. The number of hydrogen-bond acceptors (Lipinski definition) is 2. The number of rotatable bonds is 5. The first-order valence-electron chi connectivity index (χ1n) is 4.57. The van der Waals surface area contributed by atoms with Gasteiger partial charge in [-0.3, -0.25) is 4.98 Å². The first-order chi connectivity index (χ1) is 6.34. The highest BCUT2D eigenvalue weighted by Gasteiger charge is 1.98. The van der Waals surface area contributed by atoms with Gasteiger partial charge in [0.2, 0.25) is 0 Å². The lowest BCUT2D eigenvalue weighted by Crippen LogP contribution is -1.82. The second kappa shape index (κ2) is 6.44. The third kappa shape index (κ3) is 4.14. The molecular weight excluding hydrogens is 246 g/mol. The van der Waals surface area contributed by atoms with E-state index < -0.39 is 0 Å². The molecule has 0 spiro atoms. The second-order valence-electron chi connectivity index (χ2n) is 2.86. The summed E-state index contributed by atoms with van der Waals surface area (Å²) in [5.74, 6) is 1.20. The molecule has 0 saturated carbocycles. The predicted octanol–water partition coefficient (Wildman–Crippen LogP) is 4.13. The van der Waals surface area contributed by atoms with Crippen LogP contribution in [0.25, 0.3) is 0 Å². The van der Waals surface area contributed by atoms with Crippen LogP contribution >= 0.6 is 27.7 Å². The third-order valence-electron chi connectivity index (χ3n) is 1.74. The first kappa shape index (κ1) is 11.1. The van der Waals surface area contributed by atoms with Crippen LogP contribution in [0.15, 0.2) is 27.8 Å². The van der Waals surface area contributed by atoms with Crippen LogP contribution in [-0.4, -0.2) is 10.7 Å². The molecule has 0 aliphatic rings. The summed E-state index contributed by atoms with van der Waals surface area (Å²) in [5.41, 5.74) is 0. The molecule has 0 amide bonds. The quantitative estimate of drug-likeness (QED) is 0.583. The fraction of sp³-hybridized carbons (Fsp3) is 0.500. The molecule has 0 atom stereocenters. The minimum atomic E-state index is 1.11. The molecule has 0 unspecified atom stereocenters. The Morgan fingerprint density at radius 2 is 2.31 bits per heavy atom. The molecule has 0 bridgehead atoms. The Morgan fingerprint density at radius 1 is 1.46 bits per heavy atom. The number of pyridine rings is 1. The van der Waals surface area contributed by atoms with E-state index in [4.69, 9.17) is 0 Å². The molecule has 1 rings (SSSR count). The van der Waals surface area contributed by atoms with Crippen molar-refractivity contribution in [2.24, 2.45) is 0 Å². The van der Waals surface area contributed by atoms with Gasteiger partial charge in [-0.05, 0) is 34.2 Å². The van der Waals surface area contributed by atoms with Crippen LogP contribution < -0.4 is 0 Å². The average Bonchev–Trinajstić information content (AvgIpc) is 2.15. The molecule has 3 heteroatoms. The topological polar surface area (TPSA) is 12.9 Å². The van der Waals surface area contributed by atoms with Crippen LogP contribution in [-0.2, 0) is 0 Å². The van der Waals surface area contributed by atoms with Crippen molar-refractivity contribution >= 4 is 27.7 Å². The number of halogens is 1. The van der Waals surface area contributed by atoms with E-state index in [-0.39, 0.29) is 0 Å². The summed E-state index contributed by atoms with van der Waals surface area (Å²) in [6, 6.07) is 2.06. The Hall–Kier alpha value is -0.0200. The lowest BCUT2D eigenvalue weighted by Gasteiger charge is -2.02. The van der Waals surface area contributed by atoms with Crippen LogP contribution in [0.1, 0.15) is 26.2 Å². The van der Waals surface area contributed by atoms with Gasteiger partial charge in [-0.2, -0.15) is 0 Å². The van der Waals surface area contributed by atoms with E-state index in [0.29, 0.717) is 0 Å². The number of unbranched alkanes of at least 4 members (excludes halogenated alkanes) is 2. The zero-order valence-electron chi connectivity index (χ0n) is 7.79. The zero-order chi connectivity index (χ0) is 9.52. The molecule has 0 fully saturated rings. The summed E-state index contributed by atoms with van der Waals surface area (Å²) < 4.78 is 1.11. The SMILES string of the molecule is CCCCCSc1ccncc1Br. The molecule has 1 aromatic heterocycles. The molecule has 0 aliphatic carbocycles. The van der Waals surface area contributed by atoms with Gasteiger partial charge in [-0.15, -0.1) is 11.8 Å². The number of aromatic nitrogens is 1. The summed E-state index contributed by atoms with van der Waals surface area (Å²) in [5, 5.41) is 0. The van der Waals surface area contributed by atoms with Crippen molar-refractivity contribution in [3.63, 3.8) is 0 Å². The normalized spacial score (nSPS) is 10.3. The molecule has 0 aromatic carbocycles. The van der Waals surface area contributed by atoms with Gasteiger partial charge in [0.15, 0.2) is 0 Å². The van der Waals surface area contributed by atoms with Gasteiger partial charge >= 0.3 is 0 Å². The van der Waals surface area contributed by atoms with E-state index in [0.717, 1.165) is 4.47 Å². The van der Waals surface area contributed by atoms with Crippen LogP contribution in [0.5, 0.6) is 0 Å². The minimum absolute atomic E-state index is 1.11. The summed E-state index contributed by atoms with van der Waals surface area (Å²) in [6.45, 7) is 2.23. The van der Waals surface area contributed by atoms with E-state index in [1.54, 1.807) is 0 Å². The highest BCUT2D eigenvalue weighted by atomic mass is 79.9. The van der Waals surface area contributed by atoms with E-state index in [2.05, 4.69) is 33.9 Å². The van der Waals surface area contributed by atoms with E-state index >= 15 is 0 Å². The maximum atomic E-state index is 4.03. The monoisotopic (exact) mass is 259 g/mol. The Balaban J connectivity index is 2.32. The fourth-order valence-electron chi connectivity index (χ4n) is 1.01. The summed E-state index contributed by atoms with van der Waals surface area (Å²) in [6.07, 6.45) is 7.61. The van der Waals surface area contributed by atoms with Crippen LogP contribution in [0.4, 0.5) is 0 Å². The number of hydrogen-bond donors (Lipinski definition) is 0. The molecule has 0 aliphatic heterocycles. The van der Waals surface area contributed by atoms with Crippen LogP contribution in [0, 0.1) is 0 Å². The van der Waals surface area contributed by atoms with E-state index in [1.807, 2.05) is 24.2 Å². The van der Waals surface area contributed by atoms with Gasteiger partial charge < -0.3 is 0 Å². The summed E-state index contributed by atoms with van der Waals surface area (Å²) >= 11 is 5.38. The smallest absolute Gasteiger partial charge is 0.0494 e. The Morgan fingerprint density at radius 3 is 3.00 bits per heavy atom. The van der Waals surface area contributed by atoms with E-state index in [9.17, 15) is 0 Å². The summed E-state index contributed by atoms with van der Waals surface area (Å²) in [7, 11) is 0. The highest BCUT2D eigenvalue weighted by molar-refractivity contribution is 9.10. The molecular formula is C10H14BrNS. The standard InChI is InChI=1S/C10H14BrNS/c1-2-3-4-7-13-10-5-6-12-8-9(10)11/h5-6,8H,2-4,7H2,1H3. The summed E-state index contributed by atoms with van der Waals surface area (Å²) in [4.78, 5) is 5.33. The Bertz CT molecular complexity index is 252. The second-order valence-corrected chi connectivity index (χ2v) is 4.85. The van der Waals surface area contributed by atoms with Crippen LogP contribution in [0.2, 0.25) is 0 Å². The molecule has 1 heterocycles. The van der Waals surface area contributed by atoms with Crippen molar-refractivity contribution in [2.75, 3.05) is 5.75 Å². The Kier molecular flexibility index (Phi) is 5.47. The lowest BCUT2D eigenvalue weighted by atomic mass is 10.3. The minimum Gasteiger partial charge on any atom is -0.263 e. The van der Waals surface area contributed by atoms with Crippen molar-refractivity contribution in [3.05, 3.63) is 22.9 Å². The van der Waals surface area contributed by atoms with E-state index in [1.165, 1.54) is 29.9 Å². The van der Waals surface area contributed by atoms with Gasteiger partial charge in [0.05, 0.1) is 0 Å². The molecule has 72 valence electrons. The average molecular weight is 260 g/mol. The molecule has 1 nitrogen and oxygen atoms in total. The van der Waals surface area contributed by atoms with Gasteiger partial charge in [-0.25, -0.2) is 0 Å². The predicted molar refractivity (Wildman–Crippen MR) is 62.2 cm³/mol. The number of nitrogens with zero attached hydrogens (tertiary/aromatic N) is 1. The van der Waals surface area contributed by atoms with Gasteiger partial charge in [0.1, 0.15) is 0 Å². The molecule has 0 N–H and O–H groups in total. The Labute approximate surface area is 92.5 Å². The van der Waals surface area contributed by atoms with Crippen LogP contribution in [0.3, 0.4) is 0 Å². The molecule has 0 saturated heterocycles. The molecule has 1 aromatic rings. The lowest BCUT2D eigenvalue weighted by molar-refractivity contribution is 0.778. The fourth-order valence-corrected chi connectivity index (χ4v) is 2.52. The highest BCUT2D eigenvalue weighted by Crippen LogP contribution is 2.26. The van der Waals surface area contributed by atoms with Gasteiger partial charge in [-0.1, -0.05) is 19.8 Å². The van der Waals surface area contributed by atoms with Crippen molar-refractivity contribution in [1.82, 2.24) is 4.98 Å². The molecule has 13 heavy (non-hydrogen) atoms. The first-order valence-corrected chi connectivity index (χ1v) is 6.34. The molecule has 0 radical (unpaired) electrons. The van der Waals surface area contributed by atoms with Gasteiger partial charge in [0, 0.05) is 21.8 Å². The van der Waals surface area contributed by atoms with Gasteiger partial charge in [0.25, 0.3) is 0 Å².